The Labute approximate surface area is 134 Å². The van der Waals surface area contributed by atoms with Gasteiger partial charge in [-0.1, -0.05) is 36.4 Å². The number of aliphatic hydroxyl groups excluding tert-OH is 3. The van der Waals surface area contributed by atoms with Crippen molar-refractivity contribution in [1.82, 2.24) is 9.55 Å². The summed E-state index contributed by atoms with van der Waals surface area (Å²) in [6.07, 6.45) is 0.522. The zero-order valence-electron chi connectivity index (χ0n) is 12.7. The molecule has 0 unspecified atom stereocenters. The molecule has 0 fully saturated rings. The van der Waals surface area contributed by atoms with Gasteiger partial charge in [-0.3, -0.25) is 0 Å². The summed E-state index contributed by atoms with van der Waals surface area (Å²) >= 11 is 0. The highest BCUT2D eigenvalue weighted by molar-refractivity contribution is 5.74. The Bertz CT molecular complexity index is 767. The van der Waals surface area contributed by atoms with Gasteiger partial charge >= 0.3 is 0 Å². The summed E-state index contributed by atoms with van der Waals surface area (Å²) in [5.41, 5.74) is 3.39. The molecule has 0 amide bonds. The van der Waals surface area contributed by atoms with Crippen LogP contribution in [0.2, 0.25) is 0 Å². The van der Waals surface area contributed by atoms with Crippen LogP contribution < -0.4 is 0 Å². The maximum atomic E-state index is 10.3. The monoisotopic (exact) mass is 312 g/mol. The summed E-state index contributed by atoms with van der Waals surface area (Å²) in [6, 6.07) is 14.8. The Morgan fingerprint density at radius 2 is 1.74 bits per heavy atom. The molecule has 120 valence electrons. The van der Waals surface area contributed by atoms with E-state index in [1.165, 1.54) is 0 Å². The number of benzene rings is 2. The third-order valence-corrected chi connectivity index (χ3v) is 3.98. The molecule has 3 rings (SSSR count). The fourth-order valence-corrected chi connectivity index (χ4v) is 2.70. The van der Waals surface area contributed by atoms with Crippen molar-refractivity contribution >= 4 is 11.0 Å². The minimum Gasteiger partial charge on any atom is -0.392 e. The van der Waals surface area contributed by atoms with Crippen LogP contribution in [0.4, 0.5) is 0 Å². The van der Waals surface area contributed by atoms with Crippen LogP contribution in [-0.4, -0.2) is 31.0 Å². The predicted molar refractivity (Wildman–Crippen MR) is 87.7 cm³/mol. The third kappa shape index (κ3) is 3.59. The average Bonchev–Trinajstić information content (AvgIpc) is 2.98. The SMILES string of the molecule is OCc1ccc([C@@H](O)C[C@@H](O)Cn2cnc3ccccc32)cc1. The van der Waals surface area contributed by atoms with Crippen molar-refractivity contribution in [3.05, 3.63) is 66.0 Å². The Morgan fingerprint density at radius 3 is 2.48 bits per heavy atom. The number of fused-ring (bicyclic) bond motifs is 1. The van der Waals surface area contributed by atoms with Crippen molar-refractivity contribution in [3.63, 3.8) is 0 Å². The van der Waals surface area contributed by atoms with Crippen molar-refractivity contribution in [2.75, 3.05) is 0 Å². The van der Waals surface area contributed by atoms with E-state index in [2.05, 4.69) is 4.98 Å². The molecule has 0 aliphatic heterocycles. The second-order valence-corrected chi connectivity index (χ2v) is 5.69. The molecule has 5 heteroatoms. The number of nitrogens with zero attached hydrogens (tertiary/aromatic N) is 2. The smallest absolute Gasteiger partial charge is 0.0959 e. The second kappa shape index (κ2) is 6.91. The molecular formula is C18H20N2O3. The molecule has 2 aromatic carbocycles. The Morgan fingerprint density at radius 1 is 1.00 bits per heavy atom. The topological polar surface area (TPSA) is 78.5 Å². The molecule has 0 saturated carbocycles. The maximum absolute atomic E-state index is 10.3. The second-order valence-electron chi connectivity index (χ2n) is 5.69. The van der Waals surface area contributed by atoms with Gasteiger partial charge < -0.3 is 19.9 Å². The van der Waals surface area contributed by atoms with Crippen molar-refractivity contribution < 1.29 is 15.3 Å². The molecule has 1 aromatic heterocycles. The molecule has 3 N–H and O–H groups in total. The fourth-order valence-electron chi connectivity index (χ4n) is 2.70. The van der Waals surface area contributed by atoms with Gasteiger partial charge in [0.25, 0.3) is 0 Å². The lowest BCUT2D eigenvalue weighted by Gasteiger charge is -2.17. The summed E-state index contributed by atoms with van der Waals surface area (Å²) in [6.45, 7) is 0.360. The lowest BCUT2D eigenvalue weighted by Crippen LogP contribution is -2.18. The number of aliphatic hydroxyl groups is 3. The summed E-state index contributed by atoms with van der Waals surface area (Å²) in [5.74, 6) is 0. The van der Waals surface area contributed by atoms with E-state index in [4.69, 9.17) is 5.11 Å². The lowest BCUT2D eigenvalue weighted by atomic mass is 10.0. The Kier molecular flexibility index (Phi) is 4.71. The Balaban J connectivity index is 1.65. The molecule has 1 heterocycles. The van der Waals surface area contributed by atoms with Gasteiger partial charge in [0.1, 0.15) is 0 Å². The van der Waals surface area contributed by atoms with Gasteiger partial charge in [-0.25, -0.2) is 4.98 Å². The molecule has 2 atom stereocenters. The van der Waals surface area contributed by atoms with Gasteiger partial charge in [-0.2, -0.15) is 0 Å². The van der Waals surface area contributed by atoms with E-state index in [9.17, 15) is 10.2 Å². The number of rotatable bonds is 6. The van der Waals surface area contributed by atoms with Crippen LogP contribution in [-0.2, 0) is 13.2 Å². The van der Waals surface area contributed by atoms with Crippen LogP contribution in [0, 0.1) is 0 Å². The first kappa shape index (κ1) is 15.7. The van der Waals surface area contributed by atoms with Gasteiger partial charge in [0.2, 0.25) is 0 Å². The third-order valence-electron chi connectivity index (χ3n) is 3.98. The molecule has 0 aliphatic rings. The average molecular weight is 312 g/mol. The van der Waals surface area contributed by atoms with Gasteiger partial charge in [0, 0.05) is 6.42 Å². The number of hydrogen-bond donors (Lipinski definition) is 3. The molecule has 0 radical (unpaired) electrons. The minimum absolute atomic E-state index is 0.0211. The highest BCUT2D eigenvalue weighted by Crippen LogP contribution is 2.21. The van der Waals surface area contributed by atoms with Gasteiger partial charge in [0.15, 0.2) is 0 Å². The van der Waals surface area contributed by atoms with E-state index >= 15 is 0 Å². The van der Waals surface area contributed by atoms with Crippen molar-refractivity contribution in [1.29, 1.82) is 0 Å². The molecule has 0 saturated heterocycles. The van der Waals surface area contributed by atoms with E-state index in [1.54, 1.807) is 30.6 Å². The summed E-state index contributed by atoms with van der Waals surface area (Å²) in [7, 11) is 0. The van der Waals surface area contributed by atoms with E-state index in [1.807, 2.05) is 28.8 Å². The summed E-state index contributed by atoms with van der Waals surface area (Å²) in [5, 5.41) is 29.5. The van der Waals surface area contributed by atoms with Crippen LogP contribution >= 0.6 is 0 Å². The molecule has 5 nitrogen and oxygen atoms in total. The first-order chi connectivity index (χ1) is 11.2. The van der Waals surface area contributed by atoms with Crippen LogP contribution in [0.3, 0.4) is 0 Å². The molecular weight excluding hydrogens is 292 g/mol. The van der Waals surface area contributed by atoms with Gasteiger partial charge in [-0.15, -0.1) is 0 Å². The number of aromatic nitrogens is 2. The fraction of sp³-hybridized carbons (Fsp3) is 0.278. The van der Waals surface area contributed by atoms with E-state index in [0.29, 0.717) is 6.54 Å². The first-order valence-corrected chi connectivity index (χ1v) is 7.63. The Hall–Kier alpha value is -2.21. The van der Waals surface area contributed by atoms with Crippen LogP contribution in [0.15, 0.2) is 54.9 Å². The van der Waals surface area contributed by atoms with Crippen molar-refractivity contribution in [3.8, 4) is 0 Å². The number of hydrogen-bond acceptors (Lipinski definition) is 4. The van der Waals surface area contributed by atoms with E-state index in [-0.39, 0.29) is 13.0 Å². The molecule has 0 bridgehead atoms. The molecule has 3 aromatic rings. The minimum atomic E-state index is -0.743. The molecule has 0 spiro atoms. The zero-order chi connectivity index (χ0) is 16.2. The highest BCUT2D eigenvalue weighted by Gasteiger charge is 2.15. The van der Waals surface area contributed by atoms with E-state index < -0.39 is 12.2 Å². The maximum Gasteiger partial charge on any atom is 0.0959 e. The van der Waals surface area contributed by atoms with Crippen molar-refractivity contribution in [2.24, 2.45) is 0 Å². The van der Waals surface area contributed by atoms with E-state index in [0.717, 1.165) is 22.2 Å². The number of imidazole rings is 1. The quantitative estimate of drug-likeness (QED) is 0.650. The van der Waals surface area contributed by atoms with Gasteiger partial charge in [-0.05, 0) is 23.3 Å². The first-order valence-electron chi connectivity index (χ1n) is 7.63. The van der Waals surface area contributed by atoms with Gasteiger partial charge in [0.05, 0.1) is 42.7 Å². The lowest BCUT2D eigenvalue weighted by molar-refractivity contribution is 0.0709. The predicted octanol–water partition coefficient (Wildman–Crippen LogP) is 2.01. The number of para-hydroxylation sites is 2. The normalized spacial score (nSPS) is 14.0. The largest absolute Gasteiger partial charge is 0.392 e. The standard InChI is InChI=1S/C18H20N2O3/c21-11-13-5-7-14(8-6-13)18(23)9-15(22)10-20-12-19-16-3-1-2-4-17(16)20/h1-8,12,15,18,21-23H,9-11H2/t15-,18+/m1/s1. The van der Waals surface area contributed by atoms with Crippen LogP contribution in [0.5, 0.6) is 0 Å². The molecule has 23 heavy (non-hydrogen) atoms. The van der Waals surface area contributed by atoms with Crippen LogP contribution in [0.25, 0.3) is 11.0 Å². The zero-order valence-corrected chi connectivity index (χ0v) is 12.7. The summed E-state index contributed by atoms with van der Waals surface area (Å²) in [4.78, 5) is 4.29. The molecule has 0 aliphatic carbocycles. The van der Waals surface area contributed by atoms with Crippen molar-refractivity contribution in [2.45, 2.75) is 31.8 Å². The summed E-state index contributed by atoms with van der Waals surface area (Å²) < 4.78 is 1.89. The van der Waals surface area contributed by atoms with Crippen LogP contribution in [0.1, 0.15) is 23.7 Å². The highest BCUT2D eigenvalue weighted by atomic mass is 16.3.